The van der Waals surface area contributed by atoms with Gasteiger partial charge in [-0.25, -0.2) is 14.4 Å². The fraction of sp³-hybridized carbons (Fsp3) is 0.125. The molecule has 0 fully saturated rings. The maximum atomic E-state index is 13.1. The third-order valence-electron chi connectivity index (χ3n) is 4.87. The van der Waals surface area contributed by atoms with Gasteiger partial charge in [0.05, 0.1) is 5.39 Å². The summed E-state index contributed by atoms with van der Waals surface area (Å²) in [5, 5.41) is 3.58. The number of benzene rings is 2. The highest BCUT2D eigenvalue weighted by Crippen LogP contribution is 2.21. The number of fused-ring (bicyclic) bond motifs is 1. The molecule has 4 aromatic rings. The van der Waals surface area contributed by atoms with E-state index in [1.807, 2.05) is 43.3 Å². The van der Waals surface area contributed by atoms with E-state index in [0.717, 1.165) is 5.69 Å². The van der Waals surface area contributed by atoms with Crippen LogP contribution >= 0.6 is 0 Å². The second-order valence-corrected chi connectivity index (χ2v) is 7.20. The zero-order valence-electron chi connectivity index (χ0n) is 17.3. The number of anilines is 2. The van der Waals surface area contributed by atoms with Crippen LogP contribution in [0.2, 0.25) is 0 Å². The first-order valence-corrected chi connectivity index (χ1v) is 9.59. The van der Waals surface area contributed by atoms with Crippen LogP contribution in [0.4, 0.5) is 15.8 Å². The van der Waals surface area contributed by atoms with E-state index in [-0.39, 0.29) is 11.7 Å². The van der Waals surface area contributed by atoms with Gasteiger partial charge in [0.2, 0.25) is 0 Å². The molecular weight excluding hydrogens is 393 g/mol. The fourth-order valence-corrected chi connectivity index (χ4v) is 3.15. The van der Waals surface area contributed by atoms with E-state index in [2.05, 4.69) is 27.1 Å². The van der Waals surface area contributed by atoms with Crippen molar-refractivity contribution in [2.24, 2.45) is 7.05 Å². The lowest BCUT2D eigenvalue weighted by molar-refractivity contribution is 0.101. The van der Waals surface area contributed by atoms with Crippen molar-refractivity contribution in [1.82, 2.24) is 14.5 Å². The normalized spacial score (nSPS) is 10.5. The molecule has 1 amide bonds. The fourth-order valence-electron chi connectivity index (χ4n) is 3.15. The van der Waals surface area contributed by atoms with Gasteiger partial charge in [-0.1, -0.05) is 5.92 Å². The highest BCUT2D eigenvalue weighted by atomic mass is 19.1. The number of hydrogen-bond acceptors (Lipinski definition) is 4. The van der Waals surface area contributed by atoms with Gasteiger partial charge in [0.15, 0.2) is 0 Å². The summed E-state index contributed by atoms with van der Waals surface area (Å²) >= 11 is 0. The van der Waals surface area contributed by atoms with Crippen molar-refractivity contribution < 1.29 is 9.18 Å². The Labute approximate surface area is 179 Å². The van der Waals surface area contributed by atoms with Crippen LogP contribution in [-0.4, -0.2) is 34.5 Å². The number of hydrogen-bond donors (Lipinski definition) is 1. The van der Waals surface area contributed by atoms with Gasteiger partial charge in [-0.15, -0.1) is 0 Å². The number of carbonyl (C=O) groups excluding carboxylic acids is 1. The van der Waals surface area contributed by atoms with Crippen molar-refractivity contribution in [3.8, 4) is 11.8 Å². The van der Waals surface area contributed by atoms with Crippen molar-refractivity contribution in [3.05, 3.63) is 83.7 Å². The number of amides is 1. The molecule has 0 aliphatic heterocycles. The zero-order valence-corrected chi connectivity index (χ0v) is 17.3. The van der Waals surface area contributed by atoms with E-state index < -0.39 is 0 Å². The molecule has 2 heterocycles. The number of aromatic nitrogens is 3. The Kier molecular flexibility index (Phi) is 5.37. The van der Waals surface area contributed by atoms with E-state index in [9.17, 15) is 9.18 Å². The van der Waals surface area contributed by atoms with Gasteiger partial charge in [0.1, 0.15) is 29.2 Å². The Morgan fingerprint density at radius 3 is 2.42 bits per heavy atom. The molecule has 0 saturated carbocycles. The van der Waals surface area contributed by atoms with E-state index in [1.54, 1.807) is 29.8 Å². The van der Waals surface area contributed by atoms with Gasteiger partial charge >= 0.3 is 0 Å². The maximum absolute atomic E-state index is 13.1. The molecule has 7 heteroatoms. The SMILES string of the molecule is CN(C)c1ccc(NC(=O)c2cc3c(C#Cc4ccc(F)cc4)ncnc3n2C)cc1. The summed E-state index contributed by atoms with van der Waals surface area (Å²) < 4.78 is 14.8. The number of carbonyl (C=O) groups is 1. The largest absolute Gasteiger partial charge is 0.378 e. The Morgan fingerprint density at radius 1 is 1.03 bits per heavy atom. The van der Waals surface area contributed by atoms with Gasteiger partial charge in [-0.05, 0) is 60.5 Å². The number of nitrogens with one attached hydrogen (secondary N) is 1. The highest BCUT2D eigenvalue weighted by Gasteiger charge is 2.16. The number of halogens is 1. The summed E-state index contributed by atoms with van der Waals surface area (Å²) in [7, 11) is 5.69. The molecule has 2 aromatic heterocycles. The third-order valence-corrected chi connectivity index (χ3v) is 4.87. The first-order chi connectivity index (χ1) is 14.9. The highest BCUT2D eigenvalue weighted by molar-refractivity contribution is 6.06. The molecule has 0 saturated heterocycles. The topological polar surface area (TPSA) is 63.1 Å². The summed E-state index contributed by atoms with van der Waals surface area (Å²) in [5.74, 6) is 5.40. The van der Waals surface area contributed by atoms with E-state index in [1.165, 1.54) is 18.5 Å². The smallest absolute Gasteiger partial charge is 0.272 e. The molecule has 0 bridgehead atoms. The molecular formula is C24H20FN5O. The van der Waals surface area contributed by atoms with Crippen molar-refractivity contribution >= 4 is 28.3 Å². The second-order valence-electron chi connectivity index (χ2n) is 7.20. The van der Waals surface area contributed by atoms with Crippen LogP contribution < -0.4 is 10.2 Å². The summed E-state index contributed by atoms with van der Waals surface area (Å²) in [6.07, 6.45) is 1.42. The molecule has 6 nitrogen and oxygen atoms in total. The van der Waals surface area contributed by atoms with Gasteiger partial charge < -0.3 is 14.8 Å². The Morgan fingerprint density at radius 2 is 1.74 bits per heavy atom. The Hall–Kier alpha value is -4.18. The molecule has 31 heavy (non-hydrogen) atoms. The van der Waals surface area contributed by atoms with Crippen LogP contribution in [-0.2, 0) is 7.05 Å². The molecule has 0 unspecified atom stereocenters. The van der Waals surface area contributed by atoms with Gasteiger partial charge in [0, 0.05) is 38.1 Å². The van der Waals surface area contributed by atoms with Crippen molar-refractivity contribution in [2.45, 2.75) is 0 Å². The molecule has 0 spiro atoms. The average Bonchev–Trinajstić information content (AvgIpc) is 3.11. The number of nitrogens with zero attached hydrogens (tertiary/aromatic N) is 4. The van der Waals surface area contributed by atoms with Gasteiger partial charge in [-0.2, -0.15) is 0 Å². The van der Waals surface area contributed by atoms with Crippen molar-refractivity contribution in [2.75, 3.05) is 24.3 Å². The lowest BCUT2D eigenvalue weighted by Crippen LogP contribution is -2.16. The molecule has 0 atom stereocenters. The summed E-state index contributed by atoms with van der Waals surface area (Å²) in [6, 6.07) is 15.2. The van der Waals surface area contributed by atoms with E-state index in [4.69, 9.17) is 0 Å². The van der Waals surface area contributed by atoms with Gasteiger partial charge in [-0.3, -0.25) is 4.79 Å². The molecule has 0 aliphatic carbocycles. The maximum Gasteiger partial charge on any atom is 0.272 e. The predicted molar refractivity (Wildman–Crippen MR) is 120 cm³/mol. The molecule has 154 valence electrons. The Bertz CT molecular complexity index is 1310. The summed E-state index contributed by atoms with van der Waals surface area (Å²) in [4.78, 5) is 23.4. The quantitative estimate of drug-likeness (QED) is 0.519. The molecule has 0 radical (unpaired) electrons. The van der Waals surface area contributed by atoms with Crippen LogP contribution in [0.1, 0.15) is 21.7 Å². The predicted octanol–water partition coefficient (Wildman–Crippen LogP) is 3.83. The standard InChI is InChI=1S/C24H20FN5O/c1-29(2)19-11-9-18(10-12-19)28-24(31)22-14-20-21(26-15-27-23(20)30(22)3)13-6-16-4-7-17(25)8-5-16/h4-5,7-12,14-15H,1-3H3,(H,28,31). The molecule has 2 aromatic carbocycles. The van der Waals surface area contributed by atoms with Crippen LogP contribution in [0.15, 0.2) is 60.9 Å². The zero-order chi connectivity index (χ0) is 22.0. The Balaban J connectivity index is 1.64. The minimum atomic E-state index is -0.315. The molecule has 1 N–H and O–H groups in total. The van der Waals surface area contributed by atoms with Crippen LogP contribution in [0.5, 0.6) is 0 Å². The first kappa shape index (κ1) is 20.1. The number of rotatable bonds is 3. The minimum absolute atomic E-state index is 0.254. The van der Waals surface area contributed by atoms with Crippen molar-refractivity contribution in [1.29, 1.82) is 0 Å². The first-order valence-electron chi connectivity index (χ1n) is 9.59. The molecule has 0 aliphatic rings. The van der Waals surface area contributed by atoms with Crippen LogP contribution in [0, 0.1) is 17.7 Å². The number of aryl methyl sites for hydroxylation is 1. The molecule has 4 rings (SSSR count). The van der Waals surface area contributed by atoms with E-state index >= 15 is 0 Å². The lowest BCUT2D eigenvalue weighted by Gasteiger charge is -2.13. The van der Waals surface area contributed by atoms with Crippen molar-refractivity contribution in [3.63, 3.8) is 0 Å². The minimum Gasteiger partial charge on any atom is -0.378 e. The average molecular weight is 413 g/mol. The van der Waals surface area contributed by atoms with Gasteiger partial charge in [0.25, 0.3) is 5.91 Å². The summed E-state index contributed by atoms with van der Waals surface area (Å²) in [6.45, 7) is 0. The van der Waals surface area contributed by atoms with Crippen LogP contribution in [0.25, 0.3) is 11.0 Å². The summed E-state index contributed by atoms with van der Waals surface area (Å²) in [5.41, 5.74) is 3.96. The lowest BCUT2D eigenvalue weighted by atomic mass is 10.2. The monoisotopic (exact) mass is 413 g/mol. The van der Waals surface area contributed by atoms with Crippen LogP contribution in [0.3, 0.4) is 0 Å². The second kappa shape index (κ2) is 8.28. The third kappa shape index (κ3) is 4.23. The van der Waals surface area contributed by atoms with E-state index in [0.29, 0.717) is 33.7 Å².